The van der Waals surface area contributed by atoms with E-state index in [4.69, 9.17) is 9.47 Å². The van der Waals surface area contributed by atoms with Crippen molar-refractivity contribution in [3.8, 4) is 5.75 Å². The van der Waals surface area contributed by atoms with Gasteiger partial charge in [-0.05, 0) is 32.0 Å². The maximum absolute atomic E-state index is 13.1. The summed E-state index contributed by atoms with van der Waals surface area (Å²) < 4.78 is 23.7. The third kappa shape index (κ3) is 4.32. The summed E-state index contributed by atoms with van der Waals surface area (Å²) in [5.41, 5.74) is 0.467. The van der Waals surface area contributed by atoms with Gasteiger partial charge in [-0.15, -0.1) is 0 Å². The Hall–Kier alpha value is -1.13. The van der Waals surface area contributed by atoms with Crippen molar-refractivity contribution in [3.05, 3.63) is 29.6 Å². The second-order valence-electron chi connectivity index (χ2n) is 4.07. The highest BCUT2D eigenvalue weighted by Crippen LogP contribution is 2.27. The predicted octanol–water partition coefficient (Wildman–Crippen LogP) is 2.68. The molecule has 2 unspecified atom stereocenters. The summed E-state index contributed by atoms with van der Waals surface area (Å²) in [7, 11) is 1.63. The zero-order valence-corrected chi connectivity index (χ0v) is 10.4. The molecule has 0 radical (unpaired) electrons. The molecule has 0 saturated heterocycles. The van der Waals surface area contributed by atoms with Crippen LogP contribution in [0.15, 0.2) is 18.2 Å². The molecule has 0 aliphatic heterocycles. The fraction of sp³-hybridized carbons (Fsp3) is 0.538. The molecule has 3 nitrogen and oxygen atoms in total. The summed E-state index contributed by atoms with van der Waals surface area (Å²) in [4.78, 5) is 0. The topological polar surface area (TPSA) is 38.7 Å². The lowest BCUT2D eigenvalue weighted by molar-refractivity contribution is 0.129. The Labute approximate surface area is 101 Å². The molecule has 0 aliphatic rings. The lowest BCUT2D eigenvalue weighted by Crippen LogP contribution is -2.15. The van der Waals surface area contributed by atoms with Gasteiger partial charge in [0.05, 0.1) is 12.2 Å². The van der Waals surface area contributed by atoms with E-state index in [2.05, 4.69) is 0 Å². The van der Waals surface area contributed by atoms with Crippen molar-refractivity contribution >= 4 is 0 Å². The highest BCUT2D eigenvalue weighted by atomic mass is 19.1. The normalized spacial score (nSPS) is 14.4. The van der Waals surface area contributed by atoms with Crippen LogP contribution in [0.2, 0.25) is 0 Å². The third-order valence-electron chi connectivity index (χ3n) is 2.48. The first-order valence-corrected chi connectivity index (χ1v) is 5.67. The van der Waals surface area contributed by atoms with Crippen molar-refractivity contribution in [2.24, 2.45) is 0 Å². The number of ether oxygens (including phenoxy) is 2. The Bertz CT molecular complexity index is 353. The van der Waals surface area contributed by atoms with Crippen LogP contribution in [0.25, 0.3) is 0 Å². The van der Waals surface area contributed by atoms with E-state index in [-0.39, 0.29) is 11.9 Å². The second-order valence-corrected chi connectivity index (χ2v) is 4.07. The number of aliphatic hydroxyl groups is 1. The molecular formula is C13H19FO3. The van der Waals surface area contributed by atoms with Gasteiger partial charge in [-0.3, -0.25) is 0 Å². The van der Waals surface area contributed by atoms with Gasteiger partial charge in [0, 0.05) is 25.7 Å². The second kappa shape index (κ2) is 6.57. The van der Waals surface area contributed by atoms with Gasteiger partial charge in [0.15, 0.2) is 0 Å². The first kappa shape index (κ1) is 13.9. The minimum atomic E-state index is -0.754. The zero-order valence-electron chi connectivity index (χ0n) is 10.4. The minimum Gasteiger partial charge on any atom is -0.490 e. The molecule has 1 N–H and O–H groups in total. The molecular weight excluding hydrogens is 223 g/mol. The Balaban J connectivity index is 2.76. The number of rotatable bonds is 6. The molecule has 0 spiro atoms. The van der Waals surface area contributed by atoms with Crippen LogP contribution in [-0.4, -0.2) is 24.9 Å². The average molecular weight is 242 g/mol. The van der Waals surface area contributed by atoms with Crippen LogP contribution in [0.3, 0.4) is 0 Å². The molecule has 17 heavy (non-hydrogen) atoms. The molecule has 0 fully saturated rings. The van der Waals surface area contributed by atoms with Crippen LogP contribution in [-0.2, 0) is 4.74 Å². The Morgan fingerprint density at radius 1 is 1.35 bits per heavy atom. The molecule has 0 saturated carbocycles. The number of hydrogen-bond donors (Lipinski definition) is 1. The third-order valence-corrected chi connectivity index (χ3v) is 2.48. The molecule has 2 atom stereocenters. The van der Waals surface area contributed by atoms with Gasteiger partial charge in [0.2, 0.25) is 0 Å². The molecule has 1 aromatic rings. The van der Waals surface area contributed by atoms with Crippen molar-refractivity contribution in [3.63, 3.8) is 0 Å². The Morgan fingerprint density at radius 3 is 2.65 bits per heavy atom. The van der Waals surface area contributed by atoms with Gasteiger partial charge < -0.3 is 14.6 Å². The van der Waals surface area contributed by atoms with Crippen LogP contribution >= 0.6 is 0 Å². The number of benzene rings is 1. The number of hydrogen-bond acceptors (Lipinski definition) is 3. The van der Waals surface area contributed by atoms with Gasteiger partial charge >= 0.3 is 0 Å². The van der Waals surface area contributed by atoms with Gasteiger partial charge in [-0.2, -0.15) is 0 Å². The lowest BCUT2D eigenvalue weighted by atomic mass is 10.1. The summed E-state index contributed by atoms with van der Waals surface area (Å²) in [6.45, 7) is 4.10. The quantitative estimate of drug-likeness (QED) is 0.833. The smallest absolute Gasteiger partial charge is 0.125 e. The van der Waals surface area contributed by atoms with Gasteiger partial charge in [-0.1, -0.05) is 0 Å². The van der Waals surface area contributed by atoms with Gasteiger partial charge in [0.1, 0.15) is 11.6 Å². The van der Waals surface area contributed by atoms with Crippen LogP contribution in [0.5, 0.6) is 5.75 Å². The van der Waals surface area contributed by atoms with E-state index in [0.717, 1.165) is 6.42 Å². The van der Waals surface area contributed by atoms with Crippen molar-refractivity contribution in [1.29, 1.82) is 0 Å². The summed E-state index contributed by atoms with van der Waals surface area (Å²) in [6.07, 6.45) is -0.0547. The Morgan fingerprint density at radius 2 is 2.06 bits per heavy atom. The summed E-state index contributed by atoms with van der Waals surface area (Å²) >= 11 is 0. The van der Waals surface area contributed by atoms with Crippen LogP contribution in [0, 0.1) is 5.82 Å². The molecule has 1 rings (SSSR count). The van der Waals surface area contributed by atoms with E-state index in [0.29, 0.717) is 17.9 Å². The largest absolute Gasteiger partial charge is 0.490 e. The first-order valence-electron chi connectivity index (χ1n) is 5.67. The standard InChI is InChI=1S/C13H19FO3/c1-9(6-7-16-3)17-13-5-4-11(14)8-12(13)10(2)15/h4-5,8-10,15H,6-7H2,1-3H3. The van der Waals surface area contributed by atoms with Crippen LogP contribution in [0.1, 0.15) is 31.9 Å². The fourth-order valence-electron chi connectivity index (χ4n) is 1.51. The summed E-state index contributed by atoms with van der Waals surface area (Å²) in [6, 6.07) is 4.16. The molecule has 0 heterocycles. The molecule has 1 aromatic carbocycles. The molecule has 0 bridgehead atoms. The van der Waals surface area contributed by atoms with E-state index in [1.165, 1.54) is 12.1 Å². The van der Waals surface area contributed by atoms with Crippen molar-refractivity contribution in [1.82, 2.24) is 0 Å². The highest BCUT2D eigenvalue weighted by Gasteiger charge is 2.13. The van der Waals surface area contributed by atoms with Crippen molar-refractivity contribution in [2.75, 3.05) is 13.7 Å². The summed E-state index contributed by atoms with van der Waals surface area (Å²) in [5.74, 6) is 0.141. The first-order chi connectivity index (χ1) is 8.04. The van der Waals surface area contributed by atoms with Gasteiger partial charge in [-0.25, -0.2) is 4.39 Å². The van der Waals surface area contributed by atoms with E-state index < -0.39 is 6.10 Å². The zero-order chi connectivity index (χ0) is 12.8. The monoisotopic (exact) mass is 242 g/mol. The highest BCUT2D eigenvalue weighted by molar-refractivity contribution is 5.35. The number of aliphatic hydroxyl groups excluding tert-OH is 1. The minimum absolute atomic E-state index is 0.0436. The molecule has 0 aromatic heterocycles. The number of methoxy groups -OCH3 is 1. The fourth-order valence-corrected chi connectivity index (χ4v) is 1.51. The Kier molecular flexibility index (Phi) is 5.38. The maximum atomic E-state index is 13.1. The van der Waals surface area contributed by atoms with Crippen molar-refractivity contribution < 1.29 is 19.0 Å². The maximum Gasteiger partial charge on any atom is 0.125 e. The average Bonchev–Trinajstić information content (AvgIpc) is 2.28. The SMILES string of the molecule is COCCC(C)Oc1ccc(F)cc1C(C)O. The molecule has 0 amide bonds. The van der Waals surface area contributed by atoms with Crippen LogP contribution < -0.4 is 4.74 Å². The van der Waals surface area contributed by atoms with Gasteiger partial charge in [0.25, 0.3) is 0 Å². The molecule has 4 heteroatoms. The van der Waals surface area contributed by atoms with E-state index in [9.17, 15) is 9.50 Å². The van der Waals surface area contributed by atoms with Crippen molar-refractivity contribution in [2.45, 2.75) is 32.5 Å². The van der Waals surface area contributed by atoms with E-state index in [1.54, 1.807) is 20.1 Å². The number of halogens is 1. The van der Waals surface area contributed by atoms with E-state index in [1.807, 2.05) is 6.92 Å². The predicted molar refractivity (Wildman–Crippen MR) is 63.6 cm³/mol. The molecule has 0 aliphatic carbocycles. The van der Waals surface area contributed by atoms with E-state index >= 15 is 0 Å². The van der Waals surface area contributed by atoms with Crippen LogP contribution in [0.4, 0.5) is 4.39 Å². The molecule has 96 valence electrons. The summed E-state index contributed by atoms with van der Waals surface area (Å²) in [5, 5.41) is 9.55. The lowest BCUT2D eigenvalue weighted by Gasteiger charge is -2.18.